The molecule has 0 aliphatic carbocycles. The molecule has 1 fully saturated rings. The van der Waals surface area contributed by atoms with Crippen LogP contribution < -0.4 is 19.5 Å². The van der Waals surface area contributed by atoms with Crippen molar-refractivity contribution in [2.24, 2.45) is 0 Å². The summed E-state index contributed by atoms with van der Waals surface area (Å²) < 4.78 is 45.2. The molecule has 0 spiro atoms. The van der Waals surface area contributed by atoms with Gasteiger partial charge in [0.05, 0.1) is 38.4 Å². The number of hydrogen-bond acceptors (Lipinski definition) is 7. The quantitative estimate of drug-likeness (QED) is 0.494. The average Bonchev–Trinajstić information content (AvgIpc) is 2.83. The number of nitrogens with one attached hydrogen (secondary N) is 2. The number of carbonyl (C=O) groups is 1. The van der Waals surface area contributed by atoms with E-state index in [4.69, 9.17) is 14.2 Å². The van der Waals surface area contributed by atoms with Gasteiger partial charge in [-0.25, -0.2) is 13.1 Å². The van der Waals surface area contributed by atoms with Crippen LogP contribution in [0.5, 0.6) is 11.5 Å². The fourth-order valence-electron chi connectivity index (χ4n) is 3.81. The summed E-state index contributed by atoms with van der Waals surface area (Å²) in [5.74, 6) is 0.560. The topological polar surface area (TPSA) is 106 Å². The van der Waals surface area contributed by atoms with Gasteiger partial charge in [-0.2, -0.15) is 0 Å². The smallest absolute Gasteiger partial charge is 0.241 e. The molecule has 3 rings (SSSR count). The van der Waals surface area contributed by atoms with E-state index in [1.165, 1.54) is 14.2 Å². The highest BCUT2D eigenvalue weighted by molar-refractivity contribution is 7.89. The first-order valence-electron chi connectivity index (χ1n) is 11.2. The fraction of sp³-hybridized carbons (Fsp3) is 0.458. The zero-order valence-electron chi connectivity index (χ0n) is 19.9. The lowest BCUT2D eigenvalue weighted by molar-refractivity contribution is -0.121. The van der Waals surface area contributed by atoms with Gasteiger partial charge in [-0.3, -0.25) is 9.69 Å². The number of para-hydroxylation sites is 1. The standard InChI is InChI=1S/C24H33N3O6S/c1-18-7-9-19(10-8-18)34(29,30)26-21(20-5-4-6-22(31-2)24(20)32-3)17-23(28)25-11-12-27-13-15-33-16-14-27/h4-10,21,26H,11-17H2,1-3H3,(H,25,28)/t21-/m0/s1. The lowest BCUT2D eigenvalue weighted by Gasteiger charge is -2.26. The summed E-state index contributed by atoms with van der Waals surface area (Å²) in [6.45, 7) is 6.09. The zero-order chi connectivity index (χ0) is 24.6. The lowest BCUT2D eigenvalue weighted by atomic mass is 10.0. The van der Waals surface area contributed by atoms with Gasteiger partial charge in [-0.1, -0.05) is 29.8 Å². The Morgan fingerprint density at radius 3 is 2.44 bits per heavy atom. The Balaban J connectivity index is 1.79. The van der Waals surface area contributed by atoms with E-state index < -0.39 is 16.1 Å². The first-order chi connectivity index (χ1) is 16.3. The molecule has 1 aliphatic rings. The van der Waals surface area contributed by atoms with Gasteiger partial charge in [0, 0.05) is 38.2 Å². The molecule has 34 heavy (non-hydrogen) atoms. The maximum Gasteiger partial charge on any atom is 0.241 e. The molecular formula is C24H33N3O6S. The number of methoxy groups -OCH3 is 2. The molecule has 2 N–H and O–H groups in total. The molecule has 1 heterocycles. The van der Waals surface area contributed by atoms with Crippen LogP contribution in [0.4, 0.5) is 0 Å². The molecule has 1 amide bonds. The van der Waals surface area contributed by atoms with Gasteiger partial charge in [0.1, 0.15) is 0 Å². The minimum atomic E-state index is -3.90. The van der Waals surface area contributed by atoms with Crippen LogP contribution in [0.3, 0.4) is 0 Å². The van der Waals surface area contributed by atoms with Gasteiger partial charge in [0.15, 0.2) is 11.5 Å². The summed E-state index contributed by atoms with van der Waals surface area (Å²) >= 11 is 0. The zero-order valence-corrected chi connectivity index (χ0v) is 20.7. The summed E-state index contributed by atoms with van der Waals surface area (Å²) in [6, 6.07) is 10.9. The molecule has 0 saturated carbocycles. The van der Waals surface area contributed by atoms with Crippen molar-refractivity contribution in [1.82, 2.24) is 14.9 Å². The number of morpholine rings is 1. The second-order valence-electron chi connectivity index (χ2n) is 8.08. The van der Waals surface area contributed by atoms with Crippen molar-refractivity contribution in [2.75, 3.05) is 53.6 Å². The average molecular weight is 492 g/mol. The molecule has 1 atom stereocenters. The molecule has 9 nitrogen and oxygen atoms in total. The Labute approximate surface area is 201 Å². The third-order valence-electron chi connectivity index (χ3n) is 5.68. The molecule has 1 saturated heterocycles. The van der Waals surface area contributed by atoms with Crippen molar-refractivity contribution in [1.29, 1.82) is 0 Å². The van der Waals surface area contributed by atoms with E-state index in [0.29, 0.717) is 43.4 Å². The van der Waals surface area contributed by atoms with Crippen LogP contribution in [0.15, 0.2) is 47.4 Å². The van der Waals surface area contributed by atoms with E-state index >= 15 is 0 Å². The molecule has 2 aromatic carbocycles. The van der Waals surface area contributed by atoms with Gasteiger partial charge in [0.25, 0.3) is 0 Å². The second-order valence-corrected chi connectivity index (χ2v) is 9.79. The van der Waals surface area contributed by atoms with Crippen LogP contribution in [0.2, 0.25) is 0 Å². The van der Waals surface area contributed by atoms with Crippen LogP contribution in [0.1, 0.15) is 23.6 Å². The van der Waals surface area contributed by atoms with E-state index in [-0.39, 0.29) is 17.2 Å². The SMILES string of the molecule is COc1cccc([C@H](CC(=O)NCCN2CCOCC2)NS(=O)(=O)c2ccc(C)cc2)c1OC. The van der Waals surface area contributed by atoms with Crippen LogP contribution in [-0.2, 0) is 19.6 Å². The van der Waals surface area contributed by atoms with E-state index in [9.17, 15) is 13.2 Å². The number of benzene rings is 2. The molecule has 0 bridgehead atoms. The van der Waals surface area contributed by atoms with Gasteiger partial charge in [-0.05, 0) is 25.1 Å². The van der Waals surface area contributed by atoms with Crippen LogP contribution in [0, 0.1) is 6.92 Å². The van der Waals surface area contributed by atoms with Crippen molar-refractivity contribution in [3.8, 4) is 11.5 Å². The van der Waals surface area contributed by atoms with Crippen molar-refractivity contribution < 1.29 is 27.4 Å². The van der Waals surface area contributed by atoms with Gasteiger partial charge in [0.2, 0.25) is 15.9 Å². The maximum atomic E-state index is 13.1. The number of aryl methyl sites for hydroxylation is 1. The van der Waals surface area contributed by atoms with Crippen molar-refractivity contribution in [2.45, 2.75) is 24.3 Å². The van der Waals surface area contributed by atoms with E-state index in [2.05, 4.69) is 14.9 Å². The first kappa shape index (κ1) is 26.0. The number of nitrogens with zero attached hydrogens (tertiary/aromatic N) is 1. The summed E-state index contributed by atoms with van der Waals surface area (Å²) in [5, 5.41) is 2.90. The van der Waals surface area contributed by atoms with Crippen molar-refractivity contribution in [3.63, 3.8) is 0 Å². The Hall–Kier alpha value is -2.66. The molecule has 0 radical (unpaired) electrons. The predicted molar refractivity (Wildman–Crippen MR) is 129 cm³/mol. The number of amides is 1. The van der Waals surface area contributed by atoms with Gasteiger partial charge < -0.3 is 19.5 Å². The molecule has 1 aliphatic heterocycles. The number of rotatable bonds is 11. The third kappa shape index (κ3) is 6.92. The molecular weight excluding hydrogens is 458 g/mol. The van der Waals surface area contributed by atoms with Gasteiger partial charge in [-0.15, -0.1) is 0 Å². The molecule has 186 valence electrons. The Morgan fingerprint density at radius 2 is 1.79 bits per heavy atom. The van der Waals surface area contributed by atoms with E-state index in [0.717, 1.165) is 18.7 Å². The largest absolute Gasteiger partial charge is 0.493 e. The Kier molecular flexibility index (Phi) is 9.28. The monoisotopic (exact) mass is 491 g/mol. The molecule has 2 aromatic rings. The van der Waals surface area contributed by atoms with Crippen molar-refractivity contribution >= 4 is 15.9 Å². The van der Waals surface area contributed by atoms with Crippen LogP contribution in [-0.4, -0.2) is 72.8 Å². The fourth-order valence-corrected chi connectivity index (χ4v) is 5.03. The Morgan fingerprint density at radius 1 is 1.09 bits per heavy atom. The first-order valence-corrected chi connectivity index (χ1v) is 12.7. The number of carbonyl (C=O) groups excluding carboxylic acids is 1. The highest BCUT2D eigenvalue weighted by Gasteiger charge is 2.27. The van der Waals surface area contributed by atoms with E-state index in [1.54, 1.807) is 42.5 Å². The summed E-state index contributed by atoms with van der Waals surface area (Å²) in [6.07, 6.45) is -0.0995. The minimum absolute atomic E-state index is 0.0995. The minimum Gasteiger partial charge on any atom is -0.493 e. The molecule has 0 aromatic heterocycles. The maximum absolute atomic E-state index is 13.1. The predicted octanol–water partition coefficient (Wildman–Crippen LogP) is 1.87. The summed E-state index contributed by atoms with van der Waals surface area (Å²) in [5.41, 5.74) is 1.46. The van der Waals surface area contributed by atoms with Gasteiger partial charge >= 0.3 is 0 Å². The normalized spacial score (nSPS) is 15.5. The molecule has 0 unspecified atom stereocenters. The number of sulfonamides is 1. The second kappa shape index (κ2) is 12.2. The highest BCUT2D eigenvalue weighted by Crippen LogP contribution is 2.36. The van der Waals surface area contributed by atoms with E-state index in [1.807, 2.05) is 6.92 Å². The Bertz CT molecular complexity index is 1050. The lowest BCUT2D eigenvalue weighted by Crippen LogP contribution is -2.42. The van der Waals surface area contributed by atoms with Crippen LogP contribution >= 0.6 is 0 Å². The summed E-state index contributed by atoms with van der Waals surface area (Å²) in [7, 11) is -0.914. The van der Waals surface area contributed by atoms with Crippen LogP contribution in [0.25, 0.3) is 0 Å². The molecule has 10 heteroatoms. The number of ether oxygens (including phenoxy) is 3. The van der Waals surface area contributed by atoms with Crippen molar-refractivity contribution in [3.05, 3.63) is 53.6 Å². The third-order valence-corrected chi connectivity index (χ3v) is 7.17. The number of hydrogen-bond donors (Lipinski definition) is 2. The summed E-state index contributed by atoms with van der Waals surface area (Å²) in [4.78, 5) is 15.2. The highest BCUT2D eigenvalue weighted by atomic mass is 32.2.